The monoisotopic (exact) mass is 273 g/mol. The van der Waals surface area contributed by atoms with Gasteiger partial charge in [0, 0.05) is 7.05 Å². The van der Waals surface area contributed by atoms with Crippen LogP contribution < -0.4 is 5.32 Å². The van der Waals surface area contributed by atoms with Gasteiger partial charge < -0.3 is 10.4 Å². The summed E-state index contributed by atoms with van der Waals surface area (Å²) in [5.41, 5.74) is 2.25. The summed E-state index contributed by atoms with van der Waals surface area (Å²) in [5.74, 6) is -0.234. The number of nitrogens with zero attached hydrogens (tertiary/aromatic N) is 2. The van der Waals surface area contributed by atoms with Gasteiger partial charge in [-0.25, -0.2) is 0 Å². The molecule has 5 heteroatoms. The average Bonchev–Trinajstić information content (AvgIpc) is 2.86. The van der Waals surface area contributed by atoms with Gasteiger partial charge in [-0.2, -0.15) is 5.10 Å². The standard InChI is InChI=1S/C15H19N3O2/c1-3-12-9-14(18(2)17-12)15(20)16-13(10-19)11-7-5-4-6-8-11/h4-9,13,19H,3,10H2,1-2H3,(H,16,20). The molecule has 2 N–H and O–H groups in total. The number of carbonyl (C=O) groups is 1. The predicted octanol–water partition coefficient (Wildman–Crippen LogP) is 1.45. The van der Waals surface area contributed by atoms with E-state index in [0.29, 0.717) is 5.69 Å². The molecule has 1 amide bonds. The number of rotatable bonds is 5. The maximum atomic E-state index is 12.3. The average molecular weight is 273 g/mol. The Morgan fingerprint density at radius 1 is 1.40 bits per heavy atom. The van der Waals surface area contributed by atoms with Crippen LogP contribution in [0.1, 0.15) is 34.7 Å². The smallest absolute Gasteiger partial charge is 0.270 e. The molecule has 1 atom stereocenters. The molecule has 0 saturated heterocycles. The first-order valence-corrected chi connectivity index (χ1v) is 6.65. The second-order valence-electron chi connectivity index (χ2n) is 4.62. The van der Waals surface area contributed by atoms with Gasteiger partial charge in [-0.1, -0.05) is 37.3 Å². The first-order chi connectivity index (χ1) is 9.65. The van der Waals surface area contributed by atoms with Gasteiger partial charge in [0.25, 0.3) is 5.91 Å². The van der Waals surface area contributed by atoms with E-state index < -0.39 is 6.04 Å². The van der Waals surface area contributed by atoms with Crippen LogP contribution in [0.15, 0.2) is 36.4 Å². The summed E-state index contributed by atoms with van der Waals surface area (Å²) in [6.45, 7) is 1.85. The van der Waals surface area contributed by atoms with Crippen LogP contribution in [-0.4, -0.2) is 27.4 Å². The lowest BCUT2D eigenvalue weighted by Crippen LogP contribution is -2.32. The van der Waals surface area contributed by atoms with Gasteiger partial charge in [0.15, 0.2) is 0 Å². The van der Waals surface area contributed by atoms with Crippen molar-refractivity contribution in [2.45, 2.75) is 19.4 Å². The Hall–Kier alpha value is -2.14. The molecular weight excluding hydrogens is 254 g/mol. The maximum Gasteiger partial charge on any atom is 0.270 e. The van der Waals surface area contributed by atoms with Crippen LogP contribution in [0.3, 0.4) is 0 Å². The molecule has 0 aliphatic carbocycles. The number of hydrogen-bond donors (Lipinski definition) is 2. The minimum absolute atomic E-state index is 0.145. The molecule has 1 heterocycles. The molecule has 0 fully saturated rings. The molecule has 0 radical (unpaired) electrons. The van der Waals surface area contributed by atoms with Crippen molar-refractivity contribution < 1.29 is 9.90 Å². The summed E-state index contributed by atoms with van der Waals surface area (Å²) in [4.78, 5) is 12.3. The number of benzene rings is 1. The van der Waals surface area contributed by atoms with Crippen LogP contribution in [0.4, 0.5) is 0 Å². The normalized spacial score (nSPS) is 12.2. The summed E-state index contributed by atoms with van der Waals surface area (Å²) in [7, 11) is 1.74. The van der Waals surface area contributed by atoms with Gasteiger partial charge in [0.05, 0.1) is 18.3 Å². The highest BCUT2D eigenvalue weighted by Crippen LogP contribution is 2.13. The van der Waals surface area contributed by atoms with Crippen molar-refractivity contribution in [3.05, 3.63) is 53.3 Å². The van der Waals surface area contributed by atoms with Crippen LogP contribution in [0.2, 0.25) is 0 Å². The third-order valence-corrected chi connectivity index (χ3v) is 3.22. The second-order valence-corrected chi connectivity index (χ2v) is 4.62. The molecule has 2 rings (SSSR count). The summed E-state index contributed by atoms with van der Waals surface area (Å²) >= 11 is 0. The van der Waals surface area contributed by atoms with Crippen molar-refractivity contribution in [1.82, 2.24) is 15.1 Å². The van der Waals surface area contributed by atoms with Crippen molar-refractivity contribution in [3.8, 4) is 0 Å². The number of aliphatic hydroxyl groups is 1. The summed E-state index contributed by atoms with van der Waals surface area (Å²) < 4.78 is 1.56. The van der Waals surface area contributed by atoms with Gasteiger partial charge in [0.2, 0.25) is 0 Å². The third-order valence-electron chi connectivity index (χ3n) is 3.22. The quantitative estimate of drug-likeness (QED) is 0.866. The zero-order valence-corrected chi connectivity index (χ0v) is 11.7. The first-order valence-electron chi connectivity index (χ1n) is 6.65. The Balaban J connectivity index is 2.15. The van der Waals surface area contributed by atoms with E-state index >= 15 is 0 Å². The van der Waals surface area contributed by atoms with E-state index in [0.717, 1.165) is 17.7 Å². The maximum absolute atomic E-state index is 12.3. The second kappa shape index (κ2) is 6.34. The van der Waals surface area contributed by atoms with Gasteiger partial charge >= 0.3 is 0 Å². The fourth-order valence-corrected chi connectivity index (χ4v) is 2.06. The molecule has 0 saturated carbocycles. The molecular formula is C15H19N3O2. The molecule has 1 unspecified atom stereocenters. The number of hydrogen-bond acceptors (Lipinski definition) is 3. The Bertz CT molecular complexity index is 578. The summed E-state index contributed by atoms with van der Waals surface area (Å²) in [5, 5.41) is 16.5. The van der Waals surface area contributed by atoms with E-state index in [-0.39, 0.29) is 12.5 Å². The number of nitrogens with one attached hydrogen (secondary N) is 1. The fraction of sp³-hybridized carbons (Fsp3) is 0.333. The largest absolute Gasteiger partial charge is 0.394 e. The number of carbonyl (C=O) groups excluding carboxylic acids is 1. The highest BCUT2D eigenvalue weighted by molar-refractivity contribution is 5.93. The van der Waals surface area contributed by atoms with Gasteiger partial charge in [-0.3, -0.25) is 9.48 Å². The molecule has 0 spiro atoms. The van der Waals surface area contributed by atoms with E-state index in [1.54, 1.807) is 17.8 Å². The van der Waals surface area contributed by atoms with E-state index in [1.165, 1.54) is 0 Å². The minimum atomic E-state index is -0.413. The SMILES string of the molecule is CCc1cc(C(=O)NC(CO)c2ccccc2)n(C)n1. The van der Waals surface area contributed by atoms with Crippen LogP contribution in [-0.2, 0) is 13.5 Å². The third kappa shape index (κ3) is 3.05. The Kier molecular flexibility index (Phi) is 4.53. The summed E-state index contributed by atoms with van der Waals surface area (Å²) in [6, 6.07) is 10.8. The fourth-order valence-electron chi connectivity index (χ4n) is 2.06. The van der Waals surface area contributed by atoms with Crippen molar-refractivity contribution in [3.63, 3.8) is 0 Å². The minimum Gasteiger partial charge on any atom is -0.394 e. The van der Waals surface area contributed by atoms with Crippen LogP contribution in [0, 0.1) is 0 Å². The lowest BCUT2D eigenvalue weighted by molar-refractivity contribution is 0.0906. The Morgan fingerprint density at radius 3 is 2.65 bits per heavy atom. The molecule has 0 aliphatic heterocycles. The van der Waals surface area contributed by atoms with Gasteiger partial charge in [0.1, 0.15) is 5.69 Å². The molecule has 1 aromatic heterocycles. The molecule has 5 nitrogen and oxygen atoms in total. The molecule has 106 valence electrons. The highest BCUT2D eigenvalue weighted by atomic mass is 16.3. The summed E-state index contributed by atoms with van der Waals surface area (Å²) in [6.07, 6.45) is 0.781. The van der Waals surface area contributed by atoms with Gasteiger partial charge in [-0.15, -0.1) is 0 Å². The van der Waals surface area contributed by atoms with Crippen LogP contribution >= 0.6 is 0 Å². The zero-order chi connectivity index (χ0) is 14.5. The molecule has 0 bridgehead atoms. The zero-order valence-electron chi connectivity index (χ0n) is 11.7. The molecule has 20 heavy (non-hydrogen) atoms. The van der Waals surface area contributed by atoms with E-state index in [1.807, 2.05) is 37.3 Å². The Morgan fingerprint density at radius 2 is 2.10 bits per heavy atom. The first kappa shape index (κ1) is 14.3. The van der Waals surface area contributed by atoms with Crippen molar-refractivity contribution in [2.24, 2.45) is 7.05 Å². The van der Waals surface area contributed by atoms with Crippen LogP contribution in [0.25, 0.3) is 0 Å². The van der Waals surface area contributed by atoms with Crippen molar-refractivity contribution in [1.29, 1.82) is 0 Å². The lowest BCUT2D eigenvalue weighted by atomic mass is 10.1. The van der Waals surface area contributed by atoms with E-state index in [2.05, 4.69) is 10.4 Å². The Labute approximate surface area is 118 Å². The number of aryl methyl sites for hydroxylation is 2. The molecule has 0 aliphatic rings. The predicted molar refractivity (Wildman–Crippen MR) is 76.3 cm³/mol. The van der Waals surface area contributed by atoms with Gasteiger partial charge in [-0.05, 0) is 18.1 Å². The number of aliphatic hydroxyl groups excluding tert-OH is 1. The number of amides is 1. The molecule has 2 aromatic rings. The molecule has 1 aromatic carbocycles. The topological polar surface area (TPSA) is 67.2 Å². The van der Waals surface area contributed by atoms with E-state index in [9.17, 15) is 9.90 Å². The van der Waals surface area contributed by atoms with Crippen molar-refractivity contribution >= 4 is 5.91 Å². The van der Waals surface area contributed by atoms with Crippen LogP contribution in [0.5, 0.6) is 0 Å². The highest BCUT2D eigenvalue weighted by Gasteiger charge is 2.18. The lowest BCUT2D eigenvalue weighted by Gasteiger charge is -2.16. The van der Waals surface area contributed by atoms with Crippen molar-refractivity contribution in [2.75, 3.05) is 6.61 Å². The van der Waals surface area contributed by atoms with E-state index in [4.69, 9.17) is 0 Å². The number of aromatic nitrogens is 2.